The molecule has 0 spiro atoms. The first kappa shape index (κ1) is 23.8. The van der Waals surface area contributed by atoms with Crippen molar-refractivity contribution in [1.82, 2.24) is 9.80 Å². The Hall–Kier alpha value is -2.38. The minimum absolute atomic E-state index is 0.0349. The molecule has 2 aromatic carbocycles. The Balaban J connectivity index is 1.37. The number of hydrogen-bond donors (Lipinski definition) is 0. The number of carbonyl (C=O) groups excluding carboxylic acids is 1. The highest BCUT2D eigenvalue weighted by atomic mass is 35.5. The van der Waals surface area contributed by atoms with Crippen LogP contribution < -0.4 is 4.74 Å². The SMILES string of the molecule is COc1ccccc1Sc1ccc(/C=C/C(=O)N2CCN(Cc3ccco3)CC2)c(Cl)c1Cl. The van der Waals surface area contributed by atoms with Gasteiger partial charge in [-0.25, -0.2) is 0 Å². The molecule has 0 bridgehead atoms. The van der Waals surface area contributed by atoms with Crippen molar-refractivity contribution < 1.29 is 13.9 Å². The van der Waals surface area contributed by atoms with Crippen molar-refractivity contribution in [1.29, 1.82) is 0 Å². The molecule has 5 nitrogen and oxygen atoms in total. The third kappa shape index (κ3) is 5.95. The van der Waals surface area contributed by atoms with Crippen molar-refractivity contribution in [3.05, 3.63) is 82.2 Å². The van der Waals surface area contributed by atoms with Gasteiger partial charge in [0.25, 0.3) is 0 Å². The maximum absolute atomic E-state index is 12.7. The Kier molecular flexibility index (Phi) is 8.04. The summed E-state index contributed by atoms with van der Waals surface area (Å²) in [5.41, 5.74) is 0.704. The van der Waals surface area contributed by atoms with Crippen molar-refractivity contribution in [3.63, 3.8) is 0 Å². The van der Waals surface area contributed by atoms with E-state index in [4.69, 9.17) is 32.4 Å². The second-order valence-corrected chi connectivity index (χ2v) is 9.39. The second-order valence-electron chi connectivity index (χ2n) is 7.55. The topological polar surface area (TPSA) is 45.9 Å². The van der Waals surface area contributed by atoms with Gasteiger partial charge in [-0.3, -0.25) is 9.69 Å². The summed E-state index contributed by atoms with van der Waals surface area (Å²) in [6, 6.07) is 15.4. The largest absolute Gasteiger partial charge is 0.496 e. The molecule has 0 saturated carbocycles. The Labute approximate surface area is 207 Å². The summed E-state index contributed by atoms with van der Waals surface area (Å²) in [5.74, 6) is 1.68. The summed E-state index contributed by atoms with van der Waals surface area (Å²) in [6.07, 6.45) is 4.97. The standard InChI is InChI=1S/C25H24Cl2N2O3S/c1-31-20-6-2-3-7-21(20)33-22-10-8-18(24(26)25(22)27)9-11-23(30)29-14-12-28(13-15-29)17-19-5-4-16-32-19/h2-11,16H,12-15,17H2,1H3/b11-9+. The Morgan fingerprint density at radius 2 is 1.82 bits per heavy atom. The van der Waals surface area contributed by atoms with Gasteiger partial charge in [-0.05, 0) is 42.0 Å². The quantitative estimate of drug-likeness (QED) is 0.365. The molecule has 0 atom stereocenters. The maximum atomic E-state index is 12.7. The third-order valence-electron chi connectivity index (χ3n) is 5.41. The van der Waals surface area contributed by atoms with Gasteiger partial charge in [0.05, 0.1) is 34.9 Å². The number of carbonyl (C=O) groups is 1. The molecule has 8 heteroatoms. The summed E-state index contributed by atoms with van der Waals surface area (Å²) in [7, 11) is 1.64. The van der Waals surface area contributed by atoms with Crippen LogP contribution in [0.2, 0.25) is 10.0 Å². The molecule has 1 aliphatic heterocycles. The lowest BCUT2D eigenvalue weighted by atomic mass is 10.2. The van der Waals surface area contributed by atoms with Crippen LogP contribution in [0, 0.1) is 0 Å². The molecule has 4 rings (SSSR count). The van der Waals surface area contributed by atoms with Gasteiger partial charge in [0.1, 0.15) is 11.5 Å². The lowest BCUT2D eigenvalue weighted by Crippen LogP contribution is -2.47. The molecule has 0 unspecified atom stereocenters. The first-order valence-electron chi connectivity index (χ1n) is 10.6. The van der Waals surface area contributed by atoms with E-state index >= 15 is 0 Å². The monoisotopic (exact) mass is 502 g/mol. The summed E-state index contributed by atoms with van der Waals surface area (Å²) in [5, 5.41) is 0.873. The number of amides is 1. The summed E-state index contributed by atoms with van der Waals surface area (Å²) < 4.78 is 10.8. The molecule has 2 heterocycles. The van der Waals surface area contributed by atoms with E-state index in [1.807, 2.05) is 53.4 Å². The second kappa shape index (κ2) is 11.2. The van der Waals surface area contributed by atoms with Gasteiger partial charge in [0, 0.05) is 37.2 Å². The number of piperazine rings is 1. The molecule has 1 amide bonds. The molecule has 33 heavy (non-hydrogen) atoms. The molecule has 0 N–H and O–H groups in total. The van der Waals surface area contributed by atoms with Crippen LogP contribution in [0.15, 0.2) is 75.1 Å². The maximum Gasteiger partial charge on any atom is 0.246 e. The summed E-state index contributed by atoms with van der Waals surface area (Å²) >= 11 is 14.6. The first-order valence-corrected chi connectivity index (χ1v) is 12.1. The lowest BCUT2D eigenvalue weighted by Gasteiger charge is -2.33. The van der Waals surface area contributed by atoms with Crippen molar-refractivity contribution in [3.8, 4) is 5.75 Å². The molecular formula is C25H24Cl2N2O3S. The Morgan fingerprint density at radius 3 is 2.55 bits per heavy atom. The fourth-order valence-corrected chi connectivity index (χ4v) is 5.13. The van der Waals surface area contributed by atoms with E-state index in [1.165, 1.54) is 11.8 Å². The fourth-order valence-electron chi connectivity index (χ4n) is 3.59. The molecule has 0 radical (unpaired) electrons. The summed E-state index contributed by atoms with van der Waals surface area (Å²) in [4.78, 5) is 18.6. The molecule has 0 aliphatic carbocycles. The van der Waals surface area contributed by atoms with E-state index < -0.39 is 0 Å². The van der Waals surface area contributed by atoms with Crippen LogP contribution in [0.4, 0.5) is 0 Å². The molecule has 1 aromatic heterocycles. The molecule has 1 fully saturated rings. The molecule has 1 saturated heterocycles. The molecule has 1 aliphatic rings. The van der Waals surface area contributed by atoms with Crippen LogP contribution >= 0.6 is 35.0 Å². The molecule has 172 valence electrons. The number of ether oxygens (including phenoxy) is 1. The number of halogens is 2. The van der Waals surface area contributed by atoms with E-state index in [0.717, 1.165) is 40.9 Å². The van der Waals surface area contributed by atoms with E-state index in [2.05, 4.69) is 4.90 Å². The highest BCUT2D eigenvalue weighted by Crippen LogP contribution is 2.42. The van der Waals surface area contributed by atoms with E-state index in [9.17, 15) is 4.79 Å². The van der Waals surface area contributed by atoms with E-state index in [0.29, 0.717) is 28.7 Å². The van der Waals surface area contributed by atoms with Gasteiger partial charge >= 0.3 is 0 Å². The minimum Gasteiger partial charge on any atom is -0.496 e. The molecule has 3 aromatic rings. The van der Waals surface area contributed by atoms with Gasteiger partial charge in [0.2, 0.25) is 5.91 Å². The predicted octanol–water partition coefficient (Wildman–Crippen LogP) is 6.10. The minimum atomic E-state index is -0.0349. The van der Waals surface area contributed by atoms with Gasteiger partial charge < -0.3 is 14.1 Å². The fraction of sp³-hybridized carbons (Fsp3) is 0.240. The normalized spacial score (nSPS) is 14.7. The Bertz CT molecular complexity index is 1130. The van der Waals surface area contributed by atoms with Gasteiger partial charge in [-0.15, -0.1) is 0 Å². The zero-order valence-electron chi connectivity index (χ0n) is 18.2. The summed E-state index contributed by atoms with van der Waals surface area (Å²) in [6.45, 7) is 3.72. The number of nitrogens with zero attached hydrogens (tertiary/aromatic N) is 2. The lowest BCUT2D eigenvalue weighted by molar-refractivity contribution is -0.127. The van der Waals surface area contributed by atoms with Crippen LogP contribution in [0.25, 0.3) is 6.08 Å². The number of methoxy groups -OCH3 is 1. The van der Waals surface area contributed by atoms with Crippen molar-refractivity contribution in [2.45, 2.75) is 16.3 Å². The van der Waals surface area contributed by atoms with Gasteiger partial charge in [-0.1, -0.05) is 53.2 Å². The zero-order valence-corrected chi connectivity index (χ0v) is 20.5. The van der Waals surface area contributed by atoms with Gasteiger partial charge in [-0.2, -0.15) is 0 Å². The van der Waals surface area contributed by atoms with Crippen LogP contribution in [-0.2, 0) is 11.3 Å². The van der Waals surface area contributed by atoms with Crippen molar-refractivity contribution in [2.75, 3.05) is 33.3 Å². The highest BCUT2D eigenvalue weighted by Gasteiger charge is 2.20. The zero-order chi connectivity index (χ0) is 23.2. The number of para-hydroxylation sites is 1. The first-order chi connectivity index (χ1) is 16.0. The van der Waals surface area contributed by atoms with Crippen LogP contribution in [-0.4, -0.2) is 49.0 Å². The van der Waals surface area contributed by atoms with Crippen LogP contribution in [0.3, 0.4) is 0 Å². The number of furan rings is 1. The third-order valence-corrected chi connectivity index (χ3v) is 7.54. The number of hydrogen-bond acceptors (Lipinski definition) is 5. The Morgan fingerprint density at radius 1 is 1.03 bits per heavy atom. The smallest absolute Gasteiger partial charge is 0.246 e. The van der Waals surface area contributed by atoms with E-state index in [-0.39, 0.29) is 5.91 Å². The number of benzene rings is 2. The number of rotatable bonds is 7. The van der Waals surface area contributed by atoms with Gasteiger partial charge in [0.15, 0.2) is 0 Å². The average Bonchev–Trinajstić information content (AvgIpc) is 3.35. The van der Waals surface area contributed by atoms with Crippen LogP contribution in [0.5, 0.6) is 5.75 Å². The van der Waals surface area contributed by atoms with Crippen molar-refractivity contribution >= 4 is 46.9 Å². The predicted molar refractivity (Wildman–Crippen MR) is 133 cm³/mol. The highest BCUT2D eigenvalue weighted by molar-refractivity contribution is 7.99. The molecular weight excluding hydrogens is 479 g/mol. The van der Waals surface area contributed by atoms with Crippen LogP contribution in [0.1, 0.15) is 11.3 Å². The van der Waals surface area contributed by atoms with E-state index in [1.54, 1.807) is 25.5 Å². The van der Waals surface area contributed by atoms with Crippen molar-refractivity contribution in [2.24, 2.45) is 0 Å². The average molecular weight is 503 g/mol.